The third-order valence-corrected chi connectivity index (χ3v) is 9.56. The van der Waals surface area contributed by atoms with Crippen LogP contribution in [-0.2, 0) is 28.6 Å². The van der Waals surface area contributed by atoms with Gasteiger partial charge in [-0.15, -0.1) is 0 Å². The molecule has 0 radical (unpaired) electrons. The fourth-order valence-corrected chi connectivity index (χ4v) is 5.88. The summed E-state index contributed by atoms with van der Waals surface area (Å²) in [6.45, 7) is 6.10. The van der Waals surface area contributed by atoms with E-state index in [-0.39, 0.29) is 50.4 Å². The minimum Gasteiger partial charge on any atom is -0.462 e. The molecule has 66 heavy (non-hydrogen) atoms. The summed E-state index contributed by atoms with van der Waals surface area (Å²) >= 11 is 0. The van der Waals surface area contributed by atoms with Crippen molar-refractivity contribution in [2.45, 2.75) is 175 Å². The Kier molecular flexibility index (Phi) is 48.2. The van der Waals surface area contributed by atoms with Crippen LogP contribution in [0.1, 0.15) is 168 Å². The van der Waals surface area contributed by atoms with Crippen LogP contribution >= 0.6 is 0 Å². The molecule has 0 saturated heterocycles. The van der Waals surface area contributed by atoms with Gasteiger partial charge in [0.25, 0.3) is 0 Å². The van der Waals surface area contributed by atoms with Gasteiger partial charge in [0, 0.05) is 19.3 Å². The van der Waals surface area contributed by atoms with E-state index in [2.05, 4.69) is 142 Å². The Morgan fingerprint density at radius 1 is 0.318 bits per heavy atom. The third-order valence-electron chi connectivity index (χ3n) is 9.56. The molecule has 6 heteroatoms. The van der Waals surface area contributed by atoms with E-state index >= 15 is 0 Å². The Labute approximate surface area is 402 Å². The lowest BCUT2D eigenvalue weighted by molar-refractivity contribution is -0.166. The molecule has 1 unspecified atom stereocenters. The van der Waals surface area contributed by atoms with Gasteiger partial charge in [-0.2, -0.15) is 0 Å². The average Bonchev–Trinajstić information content (AvgIpc) is 3.31. The van der Waals surface area contributed by atoms with Gasteiger partial charge < -0.3 is 14.2 Å². The molecular weight excluding hydrogens is 817 g/mol. The van der Waals surface area contributed by atoms with Gasteiger partial charge in [-0.05, 0) is 116 Å². The molecule has 0 heterocycles. The second kappa shape index (κ2) is 52.4. The molecule has 0 bridgehead atoms. The number of allylic oxidation sites excluding steroid dienone is 28. The smallest absolute Gasteiger partial charge is 0.306 e. The monoisotopic (exact) mass is 905 g/mol. The molecule has 0 aliphatic rings. The van der Waals surface area contributed by atoms with E-state index in [0.717, 1.165) is 109 Å². The predicted molar refractivity (Wildman–Crippen MR) is 283 cm³/mol. The van der Waals surface area contributed by atoms with Crippen molar-refractivity contribution in [1.29, 1.82) is 0 Å². The van der Waals surface area contributed by atoms with Gasteiger partial charge in [0.15, 0.2) is 6.10 Å². The molecule has 0 aromatic rings. The Morgan fingerprint density at radius 3 is 1.09 bits per heavy atom. The van der Waals surface area contributed by atoms with Crippen LogP contribution in [0.4, 0.5) is 0 Å². The lowest BCUT2D eigenvalue weighted by Gasteiger charge is -2.18. The largest absolute Gasteiger partial charge is 0.462 e. The molecule has 0 aromatic heterocycles. The number of esters is 3. The molecule has 0 spiro atoms. The maximum Gasteiger partial charge on any atom is 0.306 e. The number of hydrogen-bond acceptors (Lipinski definition) is 6. The first-order valence-corrected chi connectivity index (χ1v) is 25.2. The van der Waals surface area contributed by atoms with Crippen molar-refractivity contribution in [3.8, 4) is 0 Å². The highest BCUT2D eigenvalue weighted by molar-refractivity contribution is 5.71. The van der Waals surface area contributed by atoms with Gasteiger partial charge in [0.1, 0.15) is 13.2 Å². The number of carbonyl (C=O) groups excluding carboxylic acids is 3. The molecule has 0 aliphatic heterocycles. The number of hydrogen-bond donors (Lipinski definition) is 0. The molecule has 0 rings (SSSR count). The summed E-state index contributed by atoms with van der Waals surface area (Å²) in [5.74, 6) is -1.12. The van der Waals surface area contributed by atoms with E-state index in [9.17, 15) is 14.4 Å². The summed E-state index contributed by atoms with van der Waals surface area (Å²) in [4.78, 5) is 37.9. The van der Waals surface area contributed by atoms with E-state index in [1.54, 1.807) is 0 Å². The average molecular weight is 905 g/mol. The van der Waals surface area contributed by atoms with Gasteiger partial charge in [-0.25, -0.2) is 0 Å². The SMILES string of the molecule is CC\C=C/C=C\C=C/C=C\CCCCCC(=O)OCC(COC(=O)CC/C=C\C/C=C\C/C=C\C/C=C\C/C=C\C/C=C\CC)OC(=O)CCCCC/C=C\C/C=C\C/C=C\C/C=C\CC. The zero-order valence-electron chi connectivity index (χ0n) is 41.4. The molecule has 0 aromatic carbocycles. The molecule has 0 amide bonds. The minimum absolute atomic E-state index is 0.144. The number of rotatable bonds is 42. The van der Waals surface area contributed by atoms with Crippen LogP contribution in [0.2, 0.25) is 0 Å². The van der Waals surface area contributed by atoms with Gasteiger partial charge >= 0.3 is 17.9 Å². The molecule has 1 atom stereocenters. The summed E-state index contributed by atoms with van der Waals surface area (Å²) in [5, 5.41) is 0. The van der Waals surface area contributed by atoms with Crippen molar-refractivity contribution in [2.75, 3.05) is 13.2 Å². The highest BCUT2D eigenvalue weighted by atomic mass is 16.6. The van der Waals surface area contributed by atoms with Crippen molar-refractivity contribution in [2.24, 2.45) is 0 Å². The Bertz CT molecular complexity index is 1600. The maximum atomic E-state index is 12.8. The molecule has 0 fully saturated rings. The maximum absolute atomic E-state index is 12.8. The number of carbonyl (C=O) groups is 3. The van der Waals surface area contributed by atoms with E-state index in [1.165, 1.54) is 0 Å². The zero-order chi connectivity index (χ0) is 47.9. The second-order valence-corrected chi connectivity index (χ2v) is 15.7. The van der Waals surface area contributed by atoms with Crippen LogP contribution in [0.15, 0.2) is 170 Å². The van der Waals surface area contributed by atoms with Gasteiger partial charge in [-0.1, -0.05) is 204 Å². The summed E-state index contributed by atoms with van der Waals surface area (Å²) in [6.07, 6.45) is 77.8. The van der Waals surface area contributed by atoms with E-state index in [4.69, 9.17) is 14.2 Å². The highest BCUT2D eigenvalue weighted by Gasteiger charge is 2.19. The quantitative estimate of drug-likeness (QED) is 0.0200. The third kappa shape index (κ3) is 49.8. The van der Waals surface area contributed by atoms with Crippen LogP contribution in [-0.4, -0.2) is 37.2 Å². The van der Waals surface area contributed by atoms with Crippen LogP contribution < -0.4 is 0 Å². The normalized spacial score (nSPS) is 13.6. The van der Waals surface area contributed by atoms with Crippen LogP contribution in [0, 0.1) is 0 Å². The minimum atomic E-state index is -0.851. The highest BCUT2D eigenvalue weighted by Crippen LogP contribution is 2.10. The summed E-state index contributed by atoms with van der Waals surface area (Å²) < 4.78 is 16.6. The Balaban J connectivity index is 4.66. The standard InChI is InChI=1S/C60H88O6/c1-4-7-10-13-16-19-22-25-27-29-30-31-33-35-38-41-44-47-50-53-59(62)65-56-57(55-64-58(61)52-49-46-43-40-37-34-24-21-18-15-12-9-6-3)66-60(63)54-51-48-45-42-39-36-32-28-26-23-20-17-14-11-8-5-2/h7-12,15-21,24-28,30-31,34-39,44,47,57H,4-6,13-14,22-23,29,32-33,40-43,45-46,48-56H2,1-3H3/b10-7-,11-8-,12-9-,18-15-,19-16-,20-17-,24-21-,27-25-,28-26-,31-30-,37-34-,38-35-,39-36-,47-44-. The Morgan fingerprint density at radius 2 is 0.652 bits per heavy atom. The van der Waals surface area contributed by atoms with Crippen LogP contribution in [0.3, 0.4) is 0 Å². The second-order valence-electron chi connectivity index (χ2n) is 15.7. The first-order chi connectivity index (χ1) is 32.5. The summed E-state index contributed by atoms with van der Waals surface area (Å²) in [7, 11) is 0. The first kappa shape index (κ1) is 60.8. The summed E-state index contributed by atoms with van der Waals surface area (Å²) in [6, 6.07) is 0. The molecule has 6 nitrogen and oxygen atoms in total. The fraction of sp³-hybridized carbons (Fsp3) is 0.483. The molecule has 0 aliphatic carbocycles. The topological polar surface area (TPSA) is 78.9 Å². The van der Waals surface area contributed by atoms with Crippen LogP contribution in [0.5, 0.6) is 0 Å². The van der Waals surface area contributed by atoms with Crippen molar-refractivity contribution in [3.05, 3.63) is 170 Å². The lowest BCUT2D eigenvalue weighted by Crippen LogP contribution is -2.30. The van der Waals surface area contributed by atoms with Gasteiger partial charge in [0.05, 0.1) is 0 Å². The Hall–Kier alpha value is -5.23. The number of ether oxygens (including phenoxy) is 3. The van der Waals surface area contributed by atoms with E-state index < -0.39 is 6.10 Å². The molecule has 364 valence electrons. The molecule has 0 N–H and O–H groups in total. The molecule has 0 saturated carbocycles. The van der Waals surface area contributed by atoms with Crippen molar-refractivity contribution >= 4 is 17.9 Å². The lowest BCUT2D eigenvalue weighted by atomic mass is 10.1. The van der Waals surface area contributed by atoms with E-state index in [0.29, 0.717) is 19.3 Å². The van der Waals surface area contributed by atoms with Gasteiger partial charge in [-0.3, -0.25) is 14.4 Å². The summed E-state index contributed by atoms with van der Waals surface area (Å²) in [5.41, 5.74) is 0. The molecular formula is C60H88O6. The number of unbranched alkanes of at least 4 members (excludes halogenated alkanes) is 6. The predicted octanol–water partition coefficient (Wildman–Crippen LogP) is 16.8. The van der Waals surface area contributed by atoms with Crippen LogP contribution in [0.25, 0.3) is 0 Å². The zero-order valence-corrected chi connectivity index (χ0v) is 41.4. The fourth-order valence-electron chi connectivity index (χ4n) is 5.88. The van der Waals surface area contributed by atoms with Crippen molar-refractivity contribution in [3.63, 3.8) is 0 Å². The van der Waals surface area contributed by atoms with Crippen molar-refractivity contribution in [1.82, 2.24) is 0 Å². The van der Waals surface area contributed by atoms with Crippen molar-refractivity contribution < 1.29 is 28.6 Å². The van der Waals surface area contributed by atoms with E-state index in [1.807, 2.05) is 48.6 Å². The first-order valence-electron chi connectivity index (χ1n) is 25.2. The van der Waals surface area contributed by atoms with Gasteiger partial charge in [0.2, 0.25) is 0 Å².